The molecule has 7 heteroatoms. The minimum Gasteiger partial charge on any atom is -0.497 e. The van der Waals surface area contributed by atoms with Crippen LogP contribution in [0.15, 0.2) is 42.9 Å². The Bertz CT molecular complexity index is 914. The van der Waals surface area contributed by atoms with Crippen LogP contribution in [0.2, 0.25) is 0 Å². The molecule has 0 spiro atoms. The zero-order valence-electron chi connectivity index (χ0n) is 13.2. The van der Waals surface area contributed by atoms with Gasteiger partial charge >= 0.3 is 0 Å². The quantitative estimate of drug-likeness (QED) is 0.788. The van der Waals surface area contributed by atoms with Crippen LogP contribution in [0.4, 0.5) is 5.69 Å². The number of carbonyl (C=O) groups is 1. The van der Waals surface area contributed by atoms with E-state index < -0.39 is 5.91 Å². The van der Waals surface area contributed by atoms with E-state index in [1.54, 1.807) is 18.0 Å². The Morgan fingerprint density at radius 1 is 1.33 bits per heavy atom. The van der Waals surface area contributed by atoms with Crippen molar-refractivity contribution in [2.45, 2.75) is 6.04 Å². The van der Waals surface area contributed by atoms with Crippen molar-refractivity contribution in [3.8, 4) is 5.75 Å². The number of ether oxygens (including phenoxy) is 1. The number of aromatic nitrogens is 3. The highest BCUT2D eigenvalue weighted by Crippen LogP contribution is 2.34. The van der Waals surface area contributed by atoms with Crippen LogP contribution in [0.25, 0.3) is 10.9 Å². The Morgan fingerprint density at radius 2 is 2.17 bits per heavy atom. The average molecular weight is 323 g/mol. The average Bonchev–Trinajstić information content (AvgIpc) is 3.03. The predicted octanol–water partition coefficient (Wildman–Crippen LogP) is 1.60. The van der Waals surface area contributed by atoms with Crippen LogP contribution in [-0.2, 0) is 0 Å². The summed E-state index contributed by atoms with van der Waals surface area (Å²) in [4.78, 5) is 17.8. The molecule has 1 fully saturated rings. The predicted molar refractivity (Wildman–Crippen MR) is 90.3 cm³/mol. The molecule has 1 saturated heterocycles. The minimum atomic E-state index is -0.454. The Morgan fingerprint density at radius 3 is 2.88 bits per heavy atom. The van der Waals surface area contributed by atoms with E-state index in [-0.39, 0.29) is 6.04 Å². The van der Waals surface area contributed by atoms with E-state index in [1.807, 2.05) is 30.5 Å². The number of fused-ring (bicyclic) bond motifs is 1. The molecule has 0 atom stereocenters. The number of hydrogen-bond donors (Lipinski definition) is 1. The van der Waals surface area contributed by atoms with Crippen molar-refractivity contribution in [1.29, 1.82) is 0 Å². The number of pyridine rings is 1. The van der Waals surface area contributed by atoms with E-state index in [4.69, 9.17) is 10.5 Å². The van der Waals surface area contributed by atoms with Gasteiger partial charge in [0.1, 0.15) is 5.75 Å². The molecule has 0 unspecified atom stereocenters. The number of primary amides is 1. The van der Waals surface area contributed by atoms with Gasteiger partial charge in [0.2, 0.25) is 0 Å². The van der Waals surface area contributed by atoms with Crippen molar-refractivity contribution in [2.24, 2.45) is 5.73 Å². The molecule has 0 bridgehead atoms. The molecule has 2 aromatic heterocycles. The molecule has 122 valence electrons. The number of nitrogens with zero attached hydrogens (tertiary/aromatic N) is 4. The number of nitrogens with two attached hydrogens (primary N) is 1. The van der Waals surface area contributed by atoms with Crippen LogP contribution >= 0.6 is 0 Å². The third-order valence-electron chi connectivity index (χ3n) is 4.39. The Kier molecular flexibility index (Phi) is 3.34. The van der Waals surface area contributed by atoms with Gasteiger partial charge in [-0.25, -0.2) is 0 Å². The maximum absolute atomic E-state index is 11.2. The molecular weight excluding hydrogens is 306 g/mol. The first kappa shape index (κ1) is 14.5. The molecule has 0 aliphatic carbocycles. The Hall–Kier alpha value is -3.09. The monoisotopic (exact) mass is 323 g/mol. The smallest absolute Gasteiger partial charge is 0.251 e. The summed E-state index contributed by atoms with van der Waals surface area (Å²) in [6.07, 6.45) is 5.03. The fourth-order valence-electron chi connectivity index (χ4n) is 3.00. The lowest BCUT2D eigenvalue weighted by Crippen LogP contribution is -2.48. The summed E-state index contributed by atoms with van der Waals surface area (Å²) in [5.41, 5.74) is 7.77. The molecule has 1 aromatic carbocycles. The third kappa shape index (κ3) is 2.34. The third-order valence-corrected chi connectivity index (χ3v) is 4.39. The van der Waals surface area contributed by atoms with Gasteiger partial charge in [-0.1, -0.05) is 0 Å². The Balaban J connectivity index is 1.58. The summed E-state index contributed by atoms with van der Waals surface area (Å²) < 4.78 is 7.13. The van der Waals surface area contributed by atoms with Gasteiger partial charge in [-0.15, -0.1) is 0 Å². The van der Waals surface area contributed by atoms with Gasteiger partial charge in [0.25, 0.3) is 5.91 Å². The van der Waals surface area contributed by atoms with E-state index in [0.717, 1.165) is 35.4 Å². The fraction of sp³-hybridized carbons (Fsp3) is 0.235. The second kappa shape index (κ2) is 5.52. The van der Waals surface area contributed by atoms with Crippen LogP contribution < -0.4 is 15.4 Å². The van der Waals surface area contributed by atoms with Crippen LogP contribution in [0.3, 0.4) is 0 Å². The van der Waals surface area contributed by atoms with Crippen molar-refractivity contribution < 1.29 is 9.53 Å². The van der Waals surface area contributed by atoms with E-state index in [0.29, 0.717) is 5.56 Å². The normalized spacial score (nSPS) is 14.6. The van der Waals surface area contributed by atoms with Crippen molar-refractivity contribution in [2.75, 3.05) is 25.1 Å². The molecule has 4 rings (SSSR count). The molecule has 0 saturated carbocycles. The van der Waals surface area contributed by atoms with Gasteiger partial charge in [0, 0.05) is 36.6 Å². The summed E-state index contributed by atoms with van der Waals surface area (Å²) in [5.74, 6) is 0.358. The first-order valence-corrected chi connectivity index (χ1v) is 7.67. The number of anilines is 1. The fourth-order valence-corrected chi connectivity index (χ4v) is 3.00. The van der Waals surface area contributed by atoms with Crippen LogP contribution in [0, 0.1) is 0 Å². The summed E-state index contributed by atoms with van der Waals surface area (Å²) >= 11 is 0. The second-order valence-electron chi connectivity index (χ2n) is 5.85. The largest absolute Gasteiger partial charge is 0.497 e. The van der Waals surface area contributed by atoms with Crippen molar-refractivity contribution in [3.63, 3.8) is 0 Å². The highest BCUT2D eigenvalue weighted by Gasteiger charge is 2.30. The lowest BCUT2D eigenvalue weighted by atomic mass is 10.1. The molecular formula is C17H17N5O2. The zero-order valence-corrected chi connectivity index (χ0v) is 13.2. The van der Waals surface area contributed by atoms with Gasteiger partial charge in [-0.2, -0.15) is 5.10 Å². The topological polar surface area (TPSA) is 86.3 Å². The summed E-state index contributed by atoms with van der Waals surface area (Å²) in [6, 6.07) is 8.11. The standard InChI is InChI=1S/C17H17N5O2/c1-24-13-2-3-15-14(6-13)16(4-5-19-15)21-9-12(10-21)22-8-11(7-20-22)17(18)23/h2-8,12H,9-10H2,1H3,(H2,18,23). The van der Waals surface area contributed by atoms with Crippen LogP contribution in [-0.4, -0.2) is 40.9 Å². The first-order chi connectivity index (χ1) is 11.7. The number of hydrogen-bond acceptors (Lipinski definition) is 5. The summed E-state index contributed by atoms with van der Waals surface area (Å²) in [5, 5.41) is 5.30. The van der Waals surface area contributed by atoms with E-state index in [2.05, 4.69) is 15.0 Å². The zero-order chi connectivity index (χ0) is 16.7. The van der Waals surface area contributed by atoms with Crippen LogP contribution in [0.1, 0.15) is 16.4 Å². The van der Waals surface area contributed by atoms with Gasteiger partial charge < -0.3 is 15.4 Å². The molecule has 3 heterocycles. The molecule has 1 amide bonds. The van der Waals surface area contributed by atoms with Crippen molar-refractivity contribution in [1.82, 2.24) is 14.8 Å². The lowest BCUT2D eigenvalue weighted by Gasteiger charge is -2.41. The van der Waals surface area contributed by atoms with Gasteiger partial charge in [-0.3, -0.25) is 14.5 Å². The highest BCUT2D eigenvalue weighted by molar-refractivity contribution is 5.93. The number of methoxy groups -OCH3 is 1. The first-order valence-electron chi connectivity index (χ1n) is 7.67. The molecule has 7 nitrogen and oxygen atoms in total. The van der Waals surface area contributed by atoms with Crippen molar-refractivity contribution in [3.05, 3.63) is 48.4 Å². The minimum absolute atomic E-state index is 0.229. The number of rotatable bonds is 4. The Labute approximate surface area is 138 Å². The maximum atomic E-state index is 11.2. The molecule has 1 aliphatic rings. The van der Waals surface area contributed by atoms with E-state index in [1.165, 1.54) is 6.20 Å². The lowest BCUT2D eigenvalue weighted by molar-refractivity contribution is 0.1000. The van der Waals surface area contributed by atoms with Gasteiger partial charge in [-0.05, 0) is 24.3 Å². The molecule has 3 aromatic rings. The molecule has 1 aliphatic heterocycles. The van der Waals surface area contributed by atoms with E-state index >= 15 is 0 Å². The number of amides is 1. The van der Waals surface area contributed by atoms with Crippen LogP contribution in [0.5, 0.6) is 5.75 Å². The maximum Gasteiger partial charge on any atom is 0.251 e. The van der Waals surface area contributed by atoms with Crippen molar-refractivity contribution >= 4 is 22.5 Å². The second-order valence-corrected chi connectivity index (χ2v) is 5.85. The molecule has 2 N–H and O–H groups in total. The number of carbonyl (C=O) groups excluding carboxylic acids is 1. The summed E-state index contributed by atoms with van der Waals surface area (Å²) in [7, 11) is 1.66. The highest BCUT2D eigenvalue weighted by atomic mass is 16.5. The number of benzene rings is 1. The molecule has 24 heavy (non-hydrogen) atoms. The summed E-state index contributed by atoms with van der Waals surface area (Å²) in [6.45, 7) is 1.63. The molecule has 0 radical (unpaired) electrons. The van der Waals surface area contributed by atoms with Gasteiger partial charge in [0.05, 0.1) is 30.4 Å². The van der Waals surface area contributed by atoms with Gasteiger partial charge in [0.15, 0.2) is 0 Å². The van der Waals surface area contributed by atoms with E-state index in [9.17, 15) is 4.79 Å². The SMILES string of the molecule is COc1ccc2nccc(N3CC(n4cc(C(N)=O)cn4)C3)c2c1.